The van der Waals surface area contributed by atoms with Crippen molar-refractivity contribution in [2.24, 2.45) is 0 Å². The SMILES string of the molecule is C/C=C(/Cc1cc(OC)c(C)c(OC)c1)c1ccc2c(c1)C=CC(C)(C)O2. The summed E-state index contributed by atoms with van der Waals surface area (Å²) in [6.07, 6.45) is 7.22. The van der Waals surface area contributed by atoms with E-state index in [2.05, 4.69) is 69.3 Å². The molecule has 0 spiro atoms. The molecule has 0 saturated carbocycles. The van der Waals surface area contributed by atoms with Crippen LogP contribution in [-0.4, -0.2) is 19.8 Å². The van der Waals surface area contributed by atoms with Crippen molar-refractivity contribution in [3.63, 3.8) is 0 Å². The second-order valence-corrected chi connectivity index (χ2v) is 7.41. The fraction of sp³-hybridized carbons (Fsp3) is 0.333. The molecule has 0 bridgehead atoms. The zero-order valence-corrected chi connectivity index (χ0v) is 17.1. The van der Waals surface area contributed by atoms with Crippen molar-refractivity contribution in [1.29, 1.82) is 0 Å². The molecule has 0 amide bonds. The number of hydrogen-bond acceptors (Lipinski definition) is 3. The number of allylic oxidation sites excluding steroid dienone is 2. The third kappa shape index (κ3) is 4.02. The topological polar surface area (TPSA) is 27.7 Å². The summed E-state index contributed by atoms with van der Waals surface area (Å²) in [5, 5.41) is 0. The van der Waals surface area contributed by atoms with Crippen molar-refractivity contribution >= 4 is 11.6 Å². The summed E-state index contributed by atoms with van der Waals surface area (Å²) in [7, 11) is 3.39. The van der Waals surface area contributed by atoms with Gasteiger partial charge in [0.05, 0.1) is 14.2 Å². The Morgan fingerprint density at radius 1 is 1.07 bits per heavy atom. The molecule has 3 heteroatoms. The average Bonchev–Trinajstić information content (AvgIpc) is 2.66. The highest BCUT2D eigenvalue weighted by atomic mass is 16.5. The first-order chi connectivity index (χ1) is 12.9. The normalized spacial score (nSPS) is 15.1. The van der Waals surface area contributed by atoms with Crippen molar-refractivity contribution < 1.29 is 14.2 Å². The maximum Gasteiger partial charge on any atom is 0.127 e. The van der Waals surface area contributed by atoms with Crippen molar-refractivity contribution in [2.75, 3.05) is 14.2 Å². The van der Waals surface area contributed by atoms with E-state index in [1.165, 1.54) is 11.1 Å². The maximum absolute atomic E-state index is 6.04. The molecule has 0 atom stereocenters. The van der Waals surface area contributed by atoms with Gasteiger partial charge in [0.1, 0.15) is 22.8 Å². The zero-order valence-electron chi connectivity index (χ0n) is 17.1. The number of hydrogen-bond donors (Lipinski definition) is 0. The lowest BCUT2D eigenvalue weighted by Crippen LogP contribution is -2.27. The minimum absolute atomic E-state index is 0.257. The van der Waals surface area contributed by atoms with Gasteiger partial charge in [0.25, 0.3) is 0 Å². The summed E-state index contributed by atoms with van der Waals surface area (Å²) in [6.45, 7) is 8.22. The Kier molecular flexibility index (Phi) is 5.31. The molecule has 0 radical (unpaired) electrons. The van der Waals surface area contributed by atoms with Crippen molar-refractivity contribution in [2.45, 2.75) is 39.7 Å². The van der Waals surface area contributed by atoms with E-state index in [9.17, 15) is 0 Å². The lowest BCUT2D eigenvalue weighted by molar-refractivity contribution is 0.159. The van der Waals surface area contributed by atoms with Gasteiger partial charge in [-0.2, -0.15) is 0 Å². The van der Waals surface area contributed by atoms with Gasteiger partial charge in [0.2, 0.25) is 0 Å². The van der Waals surface area contributed by atoms with Gasteiger partial charge in [-0.1, -0.05) is 18.2 Å². The zero-order chi connectivity index (χ0) is 19.6. The van der Waals surface area contributed by atoms with Crippen LogP contribution in [0.2, 0.25) is 0 Å². The summed E-state index contributed by atoms with van der Waals surface area (Å²) in [6, 6.07) is 10.6. The second kappa shape index (κ2) is 7.51. The van der Waals surface area contributed by atoms with E-state index in [-0.39, 0.29) is 5.60 Å². The minimum atomic E-state index is -0.257. The summed E-state index contributed by atoms with van der Waals surface area (Å²) in [5.74, 6) is 2.63. The Balaban J connectivity index is 1.91. The van der Waals surface area contributed by atoms with Crippen LogP contribution in [0, 0.1) is 6.92 Å². The molecule has 27 heavy (non-hydrogen) atoms. The van der Waals surface area contributed by atoms with E-state index < -0.39 is 0 Å². The smallest absolute Gasteiger partial charge is 0.127 e. The van der Waals surface area contributed by atoms with Crippen LogP contribution in [0.3, 0.4) is 0 Å². The number of rotatable bonds is 5. The molecule has 0 N–H and O–H groups in total. The minimum Gasteiger partial charge on any atom is -0.496 e. The Labute approximate surface area is 162 Å². The van der Waals surface area contributed by atoms with E-state index in [0.29, 0.717) is 0 Å². The standard InChI is InChI=1S/C24H28O3/c1-7-18(12-17-13-22(25-5)16(2)23(14-17)26-6)19-8-9-21-20(15-19)10-11-24(3,4)27-21/h7-11,13-15H,12H2,1-6H3/b18-7-. The quantitative estimate of drug-likeness (QED) is 0.667. The number of methoxy groups -OCH3 is 2. The third-order valence-corrected chi connectivity index (χ3v) is 4.97. The molecule has 2 aromatic rings. The van der Waals surface area contributed by atoms with E-state index in [1.54, 1.807) is 14.2 Å². The van der Waals surface area contributed by atoms with Gasteiger partial charge < -0.3 is 14.2 Å². The molecule has 3 nitrogen and oxygen atoms in total. The van der Waals surface area contributed by atoms with Gasteiger partial charge in [-0.25, -0.2) is 0 Å². The monoisotopic (exact) mass is 364 g/mol. The summed E-state index contributed by atoms with van der Waals surface area (Å²) in [4.78, 5) is 0. The summed E-state index contributed by atoms with van der Waals surface area (Å²) in [5.41, 5.74) is 5.49. The Hall–Kier alpha value is -2.68. The second-order valence-electron chi connectivity index (χ2n) is 7.41. The van der Waals surface area contributed by atoms with Crippen molar-refractivity contribution in [1.82, 2.24) is 0 Å². The number of fused-ring (bicyclic) bond motifs is 1. The van der Waals surface area contributed by atoms with Gasteiger partial charge in [-0.3, -0.25) is 0 Å². The van der Waals surface area contributed by atoms with Gasteiger partial charge in [0, 0.05) is 11.1 Å². The highest BCUT2D eigenvalue weighted by Gasteiger charge is 2.22. The van der Waals surface area contributed by atoms with E-state index in [1.807, 2.05) is 6.92 Å². The van der Waals surface area contributed by atoms with Crippen LogP contribution < -0.4 is 14.2 Å². The van der Waals surface area contributed by atoms with Crippen LogP contribution in [0.1, 0.15) is 43.0 Å². The van der Waals surface area contributed by atoms with E-state index in [4.69, 9.17) is 14.2 Å². The fourth-order valence-electron chi connectivity index (χ4n) is 3.41. The molecule has 0 aliphatic carbocycles. The lowest BCUT2D eigenvalue weighted by atomic mass is 9.94. The molecule has 1 aliphatic heterocycles. The predicted molar refractivity (Wildman–Crippen MR) is 112 cm³/mol. The first kappa shape index (κ1) is 19.1. The van der Waals surface area contributed by atoms with Gasteiger partial charge in [0.15, 0.2) is 0 Å². The predicted octanol–water partition coefficient (Wildman–Crippen LogP) is 5.84. The molecule has 0 saturated heterocycles. The van der Waals surface area contributed by atoms with Crippen LogP contribution in [0.15, 0.2) is 42.5 Å². The molecule has 0 unspecified atom stereocenters. The lowest BCUT2D eigenvalue weighted by Gasteiger charge is -2.28. The Bertz CT molecular complexity index is 879. The molecule has 1 aliphatic rings. The highest BCUT2D eigenvalue weighted by Crippen LogP contribution is 2.35. The molecule has 0 aromatic heterocycles. The van der Waals surface area contributed by atoms with Crippen LogP contribution in [0.4, 0.5) is 0 Å². The highest BCUT2D eigenvalue weighted by molar-refractivity contribution is 5.73. The Morgan fingerprint density at radius 3 is 2.33 bits per heavy atom. The van der Waals surface area contributed by atoms with Crippen molar-refractivity contribution in [3.05, 3.63) is 64.7 Å². The van der Waals surface area contributed by atoms with Crippen molar-refractivity contribution in [3.8, 4) is 17.2 Å². The molecule has 3 rings (SSSR count). The third-order valence-electron chi connectivity index (χ3n) is 4.97. The molecule has 2 aromatic carbocycles. The van der Waals surface area contributed by atoms with Crippen LogP contribution in [0.25, 0.3) is 11.6 Å². The van der Waals surface area contributed by atoms with Crippen LogP contribution in [0.5, 0.6) is 17.2 Å². The van der Waals surface area contributed by atoms with E-state index in [0.717, 1.165) is 40.4 Å². The molecular weight excluding hydrogens is 336 g/mol. The number of ether oxygens (including phenoxy) is 3. The first-order valence-corrected chi connectivity index (χ1v) is 9.26. The molecular formula is C24H28O3. The molecule has 142 valence electrons. The van der Waals surface area contributed by atoms with Gasteiger partial charge in [-0.15, -0.1) is 0 Å². The largest absolute Gasteiger partial charge is 0.496 e. The van der Waals surface area contributed by atoms with Gasteiger partial charge >= 0.3 is 0 Å². The van der Waals surface area contributed by atoms with E-state index >= 15 is 0 Å². The average molecular weight is 364 g/mol. The molecule has 0 fully saturated rings. The molecule has 1 heterocycles. The Morgan fingerprint density at radius 2 is 1.74 bits per heavy atom. The summed E-state index contributed by atoms with van der Waals surface area (Å²) >= 11 is 0. The van der Waals surface area contributed by atoms with Gasteiger partial charge in [-0.05, 0) is 81.2 Å². The number of benzene rings is 2. The summed E-state index contributed by atoms with van der Waals surface area (Å²) < 4.78 is 17.1. The fourth-order valence-corrected chi connectivity index (χ4v) is 3.41. The van der Waals surface area contributed by atoms with Crippen LogP contribution >= 0.6 is 0 Å². The first-order valence-electron chi connectivity index (χ1n) is 9.26. The maximum atomic E-state index is 6.04. The van der Waals surface area contributed by atoms with Crippen LogP contribution in [-0.2, 0) is 6.42 Å².